The van der Waals surface area contributed by atoms with E-state index in [4.69, 9.17) is 0 Å². The predicted octanol–water partition coefficient (Wildman–Crippen LogP) is 3.66. The molecule has 0 radical (unpaired) electrons. The van der Waals surface area contributed by atoms with Gasteiger partial charge in [0.25, 0.3) is 0 Å². The molecular weight excluding hydrogens is 180 g/mol. The topological polar surface area (TPSA) is 0 Å². The Hall–Kier alpha value is -1.65. The third-order valence-corrected chi connectivity index (χ3v) is 3.43. The van der Waals surface area contributed by atoms with Gasteiger partial charge in [-0.05, 0) is 19.4 Å². The molecule has 2 aliphatic rings. The largest absolute Gasteiger partial charge is 0.107 e. The lowest BCUT2D eigenvalue weighted by molar-refractivity contribution is 0.653. The van der Waals surface area contributed by atoms with Gasteiger partial charge in [0.05, 0.1) is 22.6 Å². The lowest BCUT2D eigenvalue weighted by Gasteiger charge is -2.18. The van der Waals surface area contributed by atoms with Gasteiger partial charge in [-0.1, -0.05) is 24.3 Å². The first-order chi connectivity index (χ1) is 7.21. The highest BCUT2D eigenvalue weighted by Gasteiger charge is 2.41. The number of hydrogen-bond acceptors (Lipinski definition) is 0. The molecule has 72 valence electrons. The summed E-state index contributed by atoms with van der Waals surface area (Å²) in [6.45, 7) is 4.57. The van der Waals surface area contributed by atoms with Crippen LogP contribution >= 0.6 is 0 Å². The predicted molar refractivity (Wildman–Crippen MR) is 63.3 cm³/mol. The molecule has 0 aliphatic heterocycles. The Bertz CT molecular complexity index is 511. The van der Waals surface area contributed by atoms with E-state index in [1.165, 1.54) is 22.3 Å². The summed E-state index contributed by atoms with van der Waals surface area (Å²) in [5.41, 5.74) is 5.70. The van der Waals surface area contributed by atoms with E-state index in [2.05, 4.69) is 56.3 Å². The van der Waals surface area contributed by atoms with Crippen molar-refractivity contribution in [2.24, 2.45) is 0 Å². The maximum atomic E-state index is 3.18. The summed E-state index contributed by atoms with van der Waals surface area (Å²) in [4.78, 5) is 0. The molecule has 0 bridgehead atoms. The summed E-state index contributed by atoms with van der Waals surface area (Å²) in [6, 6.07) is 8.68. The molecule has 1 aromatic rings. The molecule has 0 nitrogen and oxygen atoms in total. The van der Waals surface area contributed by atoms with E-state index in [9.17, 15) is 0 Å². The van der Waals surface area contributed by atoms with E-state index in [1.807, 2.05) is 6.08 Å². The highest BCUT2D eigenvalue weighted by molar-refractivity contribution is 5.88. The minimum absolute atomic E-state index is 0.129. The van der Waals surface area contributed by atoms with E-state index in [0.717, 1.165) is 0 Å². The molecule has 0 heteroatoms. The third-order valence-electron chi connectivity index (χ3n) is 3.43. The summed E-state index contributed by atoms with van der Waals surface area (Å²) >= 11 is 0. The van der Waals surface area contributed by atoms with Crippen LogP contribution in [0.25, 0.3) is 5.57 Å². The van der Waals surface area contributed by atoms with Gasteiger partial charge >= 0.3 is 0 Å². The molecule has 0 aromatic heterocycles. The molecule has 0 atom stereocenters. The second kappa shape index (κ2) is 2.68. The summed E-state index contributed by atoms with van der Waals surface area (Å²) in [6.07, 6.45) is 9.47. The average Bonchev–Trinajstić information content (AvgIpc) is 2.51. The van der Waals surface area contributed by atoms with Gasteiger partial charge in [0.1, 0.15) is 12.2 Å². The number of benzene rings is 1. The Labute approximate surface area is 90.6 Å². The molecule has 0 amide bonds. The molecule has 3 rings (SSSR count). The van der Waals surface area contributed by atoms with Gasteiger partial charge < -0.3 is 0 Å². The van der Waals surface area contributed by atoms with Crippen LogP contribution in [0.4, 0.5) is 0 Å². The van der Waals surface area contributed by atoms with Gasteiger partial charge in [0.2, 0.25) is 0 Å². The van der Waals surface area contributed by atoms with Crippen molar-refractivity contribution < 1.29 is 0 Å². The van der Waals surface area contributed by atoms with E-state index < -0.39 is 0 Å². The van der Waals surface area contributed by atoms with Crippen LogP contribution in [0.5, 0.6) is 0 Å². The molecule has 0 fully saturated rings. The Kier molecular flexibility index (Phi) is 1.55. The monoisotopic (exact) mass is 193 g/mol. The highest BCUT2D eigenvalue weighted by atomic mass is 14.4. The van der Waals surface area contributed by atoms with Crippen LogP contribution in [0.1, 0.15) is 25.0 Å². The summed E-state index contributed by atoms with van der Waals surface area (Å²) in [7, 11) is 0. The van der Waals surface area contributed by atoms with Crippen LogP contribution in [-0.4, -0.2) is 0 Å². The van der Waals surface area contributed by atoms with Crippen molar-refractivity contribution in [2.75, 3.05) is 0 Å². The van der Waals surface area contributed by atoms with Crippen LogP contribution in [0, 0.1) is 6.08 Å². The normalized spacial score (nSPS) is 19.9. The highest BCUT2D eigenvalue weighted by Crippen LogP contribution is 2.47. The summed E-state index contributed by atoms with van der Waals surface area (Å²) in [5.74, 6) is 0. The smallest absolute Gasteiger partial charge is 0.0619 e. The first-order valence-corrected chi connectivity index (χ1v) is 5.32. The van der Waals surface area contributed by atoms with Crippen molar-refractivity contribution in [3.8, 4) is 0 Å². The summed E-state index contributed by atoms with van der Waals surface area (Å²) < 4.78 is 0. The second-order valence-corrected chi connectivity index (χ2v) is 4.64. The number of allylic oxidation sites excluding steroid dienone is 6. The van der Waals surface area contributed by atoms with Gasteiger partial charge in [-0.3, -0.25) is 0 Å². The minimum Gasteiger partial charge on any atom is -0.0619 e. The maximum Gasteiger partial charge on any atom is 0.107 e. The van der Waals surface area contributed by atoms with Gasteiger partial charge in [0, 0.05) is 11.6 Å². The zero-order valence-electron chi connectivity index (χ0n) is 9.04. The molecule has 15 heavy (non-hydrogen) atoms. The van der Waals surface area contributed by atoms with E-state index in [1.54, 1.807) is 0 Å². The molecular formula is C15H13+. The van der Waals surface area contributed by atoms with Gasteiger partial charge in [-0.2, -0.15) is 0 Å². The van der Waals surface area contributed by atoms with Crippen molar-refractivity contribution in [3.63, 3.8) is 0 Å². The molecule has 0 unspecified atom stereocenters. The third kappa shape index (κ3) is 1.00. The van der Waals surface area contributed by atoms with Gasteiger partial charge in [0.15, 0.2) is 0 Å². The molecule has 0 spiro atoms. The standard InChI is InChI=1S/C15H13/c1-15(2)13-9-5-3-7-11(13)12-8-4-6-10-14(12)15/h3-5,7-10H,1-2H3/q+1. The van der Waals surface area contributed by atoms with Crippen LogP contribution in [-0.2, 0) is 5.41 Å². The SMILES string of the molecule is CC1(C)C2=C(C=C[C+]=C2)c2ccccc21. The fraction of sp³-hybridized carbons (Fsp3) is 0.200. The van der Waals surface area contributed by atoms with Crippen molar-refractivity contribution in [3.05, 3.63) is 65.3 Å². The Balaban J connectivity index is 2.35. The lowest BCUT2D eigenvalue weighted by atomic mass is 9.80. The van der Waals surface area contributed by atoms with Gasteiger partial charge in [-0.15, -0.1) is 0 Å². The molecule has 2 aliphatic carbocycles. The molecule has 0 heterocycles. The van der Waals surface area contributed by atoms with E-state index >= 15 is 0 Å². The van der Waals surface area contributed by atoms with E-state index in [-0.39, 0.29) is 5.41 Å². The first kappa shape index (κ1) is 8.64. The zero-order chi connectivity index (χ0) is 10.5. The number of rotatable bonds is 0. The zero-order valence-corrected chi connectivity index (χ0v) is 9.04. The van der Waals surface area contributed by atoms with Crippen LogP contribution in [0.3, 0.4) is 0 Å². The number of hydrogen-bond donors (Lipinski definition) is 0. The summed E-state index contributed by atoms with van der Waals surface area (Å²) in [5, 5.41) is 0. The lowest BCUT2D eigenvalue weighted by Crippen LogP contribution is -2.16. The van der Waals surface area contributed by atoms with Crippen molar-refractivity contribution in [2.45, 2.75) is 19.3 Å². The van der Waals surface area contributed by atoms with Crippen molar-refractivity contribution in [1.82, 2.24) is 0 Å². The Morgan fingerprint density at radius 3 is 2.80 bits per heavy atom. The van der Waals surface area contributed by atoms with Crippen molar-refractivity contribution in [1.29, 1.82) is 0 Å². The Morgan fingerprint density at radius 1 is 1.13 bits per heavy atom. The van der Waals surface area contributed by atoms with Crippen molar-refractivity contribution >= 4 is 5.57 Å². The Morgan fingerprint density at radius 2 is 1.93 bits per heavy atom. The molecule has 1 aromatic carbocycles. The second-order valence-electron chi connectivity index (χ2n) is 4.64. The van der Waals surface area contributed by atoms with E-state index in [0.29, 0.717) is 0 Å². The minimum atomic E-state index is 0.129. The fourth-order valence-corrected chi connectivity index (χ4v) is 2.59. The molecule has 0 N–H and O–H groups in total. The number of fused-ring (bicyclic) bond motifs is 2. The van der Waals surface area contributed by atoms with Crippen LogP contribution < -0.4 is 0 Å². The fourth-order valence-electron chi connectivity index (χ4n) is 2.59. The van der Waals surface area contributed by atoms with Crippen LogP contribution in [0.15, 0.2) is 48.1 Å². The molecule has 0 saturated carbocycles. The average molecular weight is 193 g/mol. The quantitative estimate of drug-likeness (QED) is 0.551. The first-order valence-electron chi connectivity index (χ1n) is 5.32. The van der Waals surface area contributed by atoms with Gasteiger partial charge in [-0.25, -0.2) is 0 Å². The molecule has 0 saturated heterocycles. The maximum absolute atomic E-state index is 3.18. The van der Waals surface area contributed by atoms with Crippen LogP contribution in [0.2, 0.25) is 0 Å².